The lowest BCUT2D eigenvalue weighted by Gasteiger charge is -2.35. The van der Waals surface area contributed by atoms with Crippen molar-refractivity contribution >= 4 is 11.8 Å². The first-order valence-corrected chi connectivity index (χ1v) is 7.58. The molecule has 0 unspecified atom stereocenters. The molecule has 1 aliphatic rings. The van der Waals surface area contributed by atoms with E-state index in [0.29, 0.717) is 55.8 Å². The van der Waals surface area contributed by atoms with E-state index in [1.165, 1.54) is 6.33 Å². The molecule has 3 heterocycles. The van der Waals surface area contributed by atoms with Gasteiger partial charge in [0.15, 0.2) is 17.4 Å². The smallest absolute Gasteiger partial charge is 0.225 e. The molecule has 122 valence electrons. The van der Waals surface area contributed by atoms with E-state index in [4.69, 9.17) is 4.74 Å². The highest BCUT2D eigenvalue weighted by Crippen LogP contribution is 2.21. The minimum absolute atomic E-state index is 0.316. The molecule has 1 saturated heterocycles. The van der Waals surface area contributed by atoms with Crippen molar-refractivity contribution in [2.24, 2.45) is 0 Å². The topological polar surface area (TPSA) is 67.3 Å². The van der Waals surface area contributed by atoms with Crippen molar-refractivity contribution in [1.82, 2.24) is 19.9 Å². The fourth-order valence-corrected chi connectivity index (χ4v) is 2.56. The van der Waals surface area contributed by atoms with E-state index < -0.39 is 0 Å². The Morgan fingerprint density at radius 1 is 1.04 bits per heavy atom. The maximum Gasteiger partial charge on any atom is 0.225 e. The highest BCUT2D eigenvalue weighted by Gasteiger charge is 2.23. The van der Waals surface area contributed by atoms with Crippen LogP contribution in [0.1, 0.15) is 12.6 Å². The number of hydrogen-bond acceptors (Lipinski definition) is 7. The van der Waals surface area contributed by atoms with Crippen LogP contribution in [0.25, 0.3) is 0 Å². The Morgan fingerprint density at radius 2 is 1.70 bits per heavy atom. The molecule has 1 fully saturated rings. The van der Waals surface area contributed by atoms with Crippen LogP contribution in [0.3, 0.4) is 0 Å². The molecule has 8 heteroatoms. The second kappa shape index (κ2) is 6.72. The van der Waals surface area contributed by atoms with Crippen LogP contribution in [0.4, 0.5) is 16.2 Å². The van der Waals surface area contributed by atoms with Crippen LogP contribution in [-0.2, 0) is 6.42 Å². The largest absolute Gasteiger partial charge is 0.494 e. The molecule has 0 aliphatic carbocycles. The van der Waals surface area contributed by atoms with E-state index >= 15 is 0 Å². The van der Waals surface area contributed by atoms with Gasteiger partial charge in [-0.25, -0.2) is 24.3 Å². The van der Waals surface area contributed by atoms with Gasteiger partial charge in [-0.15, -0.1) is 0 Å². The minimum Gasteiger partial charge on any atom is -0.494 e. The van der Waals surface area contributed by atoms with Gasteiger partial charge in [-0.2, -0.15) is 0 Å². The maximum atomic E-state index is 14.3. The summed E-state index contributed by atoms with van der Waals surface area (Å²) in [7, 11) is 1.58. The number of halogens is 1. The molecule has 0 bridgehead atoms. The zero-order valence-electron chi connectivity index (χ0n) is 13.2. The molecule has 0 amide bonds. The van der Waals surface area contributed by atoms with E-state index in [1.807, 2.05) is 11.8 Å². The number of anilines is 2. The van der Waals surface area contributed by atoms with Crippen LogP contribution in [0.5, 0.6) is 5.75 Å². The van der Waals surface area contributed by atoms with Crippen molar-refractivity contribution in [3.05, 3.63) is 30.2 Å². The van der Waals surface area contributed by atoms with Gasteiger partial charge in [0.25, 0.3) is 0 Å². The molecule has 2 aromatic heterocycles. The number of aromatic nitrogens is 4. The molecule has 0 atom stereocenters. The Bertz CT molecular complexity index is 658. The van der Waals surface area contributed by atoms with Crippen LogP contribution in [0.15, 0.2) is 18.7 Å². The van der Waals surface area contributed by atoms with Crippen LogP contribution in [0, 0.1) is 5.82 Å². The van der Waals surface area contributed by atoms with E-state index in [0.717, 1.165) is 0 Å². The lowest BCUT2D eigenvalue weighted by molar-refractivity contribution is 0.410. The zero-order chi connectivity index (χ0) is 16.2. The number of rotatable bonds is 4. The van der Waals surface area contributed by atoms with Crippen LogP contribution < -0.4 is 14.5 Å². The second-order valence-corrected chi connectivity index (χ2v) is 5.21. The molecular weight excluding hydrogens is 299 g/mol. The van der Waals surface area contributed by atoms with Gasteiger partial charge < -0.3 is 14.5 Å². The predicted octanol–water partition coefficient (Wildman–Crippen LogP) is 1.30. The fraction of sp³-hybridized carbons (Fsp3) is 0.467. The maximum absolute atomic E-state index is 14.3. The average Bonchev–Trinajstić information content (AvgIpc) is 2.62. The van der Waals surface area contributed by atoms with E-state index in [2.05, 4.69) is 24.8 Å². The molecule has 7 nitrogen and oxygen atoms in total. The van der Waals surface area contributed by atoms with Crippen LogP contribution in [-0.4, -0.2) is 53.2 Å². The monoisotopic (exact) mass is 318 g/mol. The summed E-state index contributed by atoms with van der Waals surface area (Å²) < 4.78 is 19.4. The van der Waals surface area contributed by atoms with Crippen molar-refractivity contribution in [3.8, 4) is 5.75 Å². The Morgan fingerprint density at radius 3 is 2.30 bits per heavy atom. The number of nitrogens with zero attached hydrogens (tertiary/aromatic N) is 6. The summed E-state index contributed by atoms with van der Waals surface area (Å²) in [6.07, 6.45) is 5.27. The molecule has 23 heavy (non-hydrogen) atoms. The van der Waals surface area contributed by atoms with Gasteiger partial charge >= 0.3 is 0 Å². The molecule has 0 radical (unpaired) electrons. The first kappa shape index (κ1) is 15.4. The second-order valence-electron chi connectivity index (χ2n) is 5.21. The quantitative estimate of drug-likeness (QED) is 0.842. The van der Waals surface area contributed by atoms with E-state index in [-0.39, 0.29) is 5.82 Å². The first-order valence-electron chi connectivity index (χ1n) is 7.58. The molecule has 1 aliphatic heterocycles. The van der Waals surface area contributed by atoms with Crippen LogP contribution in [0.2, 0.25) is 0 Å². The van der Waals surface area contributed by atoms with Crippen molar-refractivity contribution < 1.29 is 9.13 Å². The summed E-state index contributed by atoms with van der Waals surface area (Å²) in [4.78, 5) is 20.7. The summed E-state index contributed by atoms with van der Waals surface area (Å²) in [6.45, 7) is 4.61. The number of ether oxygens (including phenoxy) is 1. The number of hydrogen-bond donors (Lipinski definition) is 0. The van der Waals surface area contributed by atoms with Crippen molar-refractivity contribution in [2.75, 3.05) is 43.1 Å². The number of aryl methyl sites for hydroxylation is 1. The van der Waals surface area contributed by atoms with Crippen LogP contribution >= 0.6 is 0 Å². The van der Waals surface area contributed by atoms with Gasteiger partial charge in [0, 0.05) is 26.2 Å². The van der Waals surface area contributed by atoms with Gasteiger partial charge in [0.2, 0.25) is 5.95 Å². The molecule has 0 aromatic carbocycles. The highest BCUT2D eigenvalue weighted by atomic mass is 19.1. The molecular formula is C15H19FN6O. The Hall–Kier alpha value is -2.51. The van der Waals surface area contributed by atoms with Gasteiger partial charge in [0.1, 0.15) is 6.33 Å². The Kier molecular flexibility index (Phi) is 4.50. The van der Waals surface area contributed by atoms with Gasteiger partial charge in [-0.1, -0.05) is 6.92 Å². The Labute approximate surface area is 134 Å². The normalized spacial score (nSPS) is 14.9. The summed E-state index contributed by atoms with van der Waals surface area (Å²) in [6, 6.07) is 0. The highest BCUT2D eigenvalue weighted by molar-refractivity contribution is 5.44. The SMILES string of the molecule is CCc1ncnc(N2CCN(c3ncc(OC)cn3)CC2)c1F. The molecule has 0 spiro atoms. The third-order valence-corrected chi connectivity index (χ3v) is 3.89. The standard InChI is InChI=1S/C15H19FN6O/c1-3-12-13(16)14(20-10-19-12)21-4-6-22(7-5-21)15-17-8-11(23-2)9-18-15/h8-10H,3-7H2,1-2H3. The lowest BCUT2D eigenvalue weighted by Crippen LogP contribution is -2.47. The van der Waals surface area contributed by atoms with E-state index in [9.17, 15) is 4.39 Å². The van der Waals surface area contributed by atoms with Gasteiger partial charge in [-0.05, 0) is 6.42 Å². The lowest BCUT2D eigenvalue weighted by atomic mass is 10.2. The zero-order valence-corrected chi connectivity index (χ0v) is 13.2. The fourth-order valence-electron chi connectivity index (χ4n) is 2.56. The summed E-state index contributed by atoms with van der Waals surface area (Å²) in [5.74, 6) is 1.35. The summed E-state index contributed by atoms with van der Waals surface area (Å²) in [5, 5.41) is 0. The van der Waals surface area contributed by atoms with Crippen molar-refractivity contribution in [1.29, 1.82) is 0 Å². The third kappa shape index (κ3) is 3.15. The average molecular weight is 318 g/mol. The van der Waals surface area contributed by atoms with E-state index in [1.54, 1.807) is 19.5 Å². The first-order chi connectivity index (χ1) is 11.2. The molecule has 3 rings (SSSR count). The molecule has 0 saturated carbocycles. The predicted molar refractivity (Wildman–Crippen MR) is 84.4 cm³/mol. The number of methoxy groups -OCH3 is 1. The summed E-state index contributed by atoms with van der Waals surface area (Å²) >= 11 is 0. The van der Waals surface area contributed by atoms with Crippen molar-refractivity contribution in [2.45, 2.75) is 13.3 Å². The summed E-state index contributed by atoms with van der Waals surface area (Å²) in [5.41, 5.74) is 0.455. The Balaban J connectivity index is 1.68. The number of piperazine rings is 1. The van der Waals surface area contributed by atoms with Gasteiger partial charge in [0.05, 0.1) is 25.2 Å². The molecule has 2 aromatic rings. The van der Waals surface area contributed by atoms with Gasteiger partial charge in [-0.3, -0.25) is 0 Å². The van der Waals surface area contributed by atoms with Crippen molar-refractivity contribution in [3.63, 3.8) is 0 Å². The minimum atomic E-state index is -0.316. The third-order valence-electron chi connectivity index (χ3n) is 3.89. The molecule has 0 N–H and O–H groups in total.